The van der Waals surface area contributed by atoms with Gasteiger partial charge >= 0.3 is 0 Å². The summed E-state index contributed by atoms with van der Waals surface area (Å²) in [5, 5.41) is 4.45. The van der Waals surface area contributed by atoms with Crippen molar-refractivity contribution < 1.29 is 4.42 Å². The number of fused-ring (bicyclic) bond motifs is 6. The fourth-order valence-electron chi connectivity index (χ4n) is 7.79. The van der Waals surface area contributed by atoms with Gasteiger partial charge < -0.3 is 8.98 Å². The van der Waals surface area contributed by atoms with Crippen LogP contribution in [0.25, 0.3) is 94.5 Å². The van der Waals surface area contributed by atoms with Gasteiger partial charge in [-0.15, -0.1) is 0 Å². The van der Waals surface area contributed by atoms with Gasteiger partial charge in [-0.1, -0.05) is 146 Å². The van der Waals surface area contributed by atoms with E-state index in [-0.39, 0.29) is 0 Å². The molecule has 5 nitrogen and oxygen atoms in total. The van der Waals surface area contributed by atoms with Gasteiger partial charge in [-0.3, -0.25) is 0 Å². The minimum absolute atomic E-state index is 0.579. The first-order valence-corrected chi connectivity index (χ1v) is 19.0. The third-order valence-electron chi connectivity index (χ3n) is 10.4. The Labute approximate surface area is 324 Å². The fourth-order valence-corrected chi connectivity index (χ4v) is 7.79. The number of furan rings is 1. The van der Waals surface area contributed by atoms with Crippen molar-refractivity contribution in [3.8, 4) is 50.7 Å². The predicted octanol–water partition coefficient (Wildman–Crippen LogP) is 13.2. The molecule has 0 fully saturated rings. The number of rotatable bonds is 8. The van der Waals surface area contributed by atoms with Crippen molar-refractivity contribution in [1.29, 1.82) is 0 Å². The molecular weight excluding hydrogens is 685 g/mol. The van der Waals surface area contributed by atoms with Crippen molar-refractivity contribution in [1.82, 2.24) is 19.5 Å². The van der Waals surface area contributed by atoms with Crippen molar-refractivity contribution in [2.24, 2.45) is 0 Å². The second-order valence-corrected chi connectivity index (χ2v) is 13.9. The minimum Gasteiger partial charge on any atom is -0.455 e. The molecule has 3 aromatic heterocycles. The third kappa shape index (κ3) is 5.87. The van der Waals surface area contributed by atoms with E-state index >= 15 is 0 Å². The standard InChI is InChI=1S/C51H36N4O/c1-2-3-4-14-27-47-52-50(35-19-10-6-11-20-35)54-51(53-47)42-26-16-25-41-40-24-15-23-39(48(40)56-49(41)42)37-29-31-46-44(33-37)43-32-36(34-17-8-5-9-18-34)28-30-45(43)55(46)38-21-12-7-13-22-38/h2-26,28-33H,27H2,1H3/b3-2-,14-4-. The lowest BCUT2D eigenvalue weighted by Gasteiger charge is -2.08. The Morgan fingerprint density at radius 1 is 0.482 bits per heavy atom. The lowest BCUT2D eigenvalue weighted by atomic mass is 9.99. The van der Waals surface area contributed by atoms with Crippen molar-refractivity contribution in [2.75, 3.05) is 0 Å². The summed E-state index contributed by atoms with van der Waals surface area (Å²) in [4.78, 5) is 14.9. The number of hydrogen-bond donors (Lipinski definition) is 0. The maximum atomic E-state index is 6.94. The number of allylic oxidation sites excluding steroid dienone is 4. The molecule has 0 bridgehead atoms. The number of hydrogen-bond acceptors (Lipinski definition) is 4. The summed E-state index contributed by atoms with van der Waals surface area (Å²) in [5.74, 6) is 1.92. The number of benzene rings is 7. The maximum Gasteiger partial charge on any atom is 0.167 e. The molecule has 10 rings (SSSR count). The topological polar surface area (TPSA) is 56.7 Å². The molecule has 0 N–H and O–H groups in total. The molecule has 0 atom stereocenters. The van der Waals surface area contributed by atoms with Crippen LogP contribution in [0.5, 0.6) is 0 Å². The Balaban J connectivity index is 1.15. The monoisotopic (exact) mass is 720 g/mol. The quantitative estimate of drug-likeness (QED) is 0.147. The van der Waals surface area contributed by atoms with Crippen LogP contribution in [0.15, 0.2) is 193 Å². The smallest absolute Gasteiger partial charge is 0.167 e. The molecule has 0 aliphatic rings. The Morgan fingerprint density at radius 2 is 1.07 bits per heavy atom. The summed E-state index contributed by atoms with van der Waals surface area (Å²) >= 11 is 0. The first kappa shape index (κ1) is 33.2. The summed E-state index contributed by atoms with van der Waals surface area (Å²) in [6.45, 7) is 2.00. The lowest BCUT2D eigenvalue weighted by molar-refractivity contribution is 0.670. The van der Waals surface area contributed by atoms with Crippen molar-refractivity contribution in [2.45, 2.75) is 13.3 Å². The first-order valence-electron chi connectivity index (χ1n) is 19.0. The van der Waals surface area contributed by atoms with E-state index in [1.165, 1.54) is 27.4 Å². The van der Waals surface area contributed by atoms with Gasteiger partial charge in [0.15, 0.2) is 11.6 Å². The van der Waals surface area contributed by atoms with Crippen LogP contribution in [0.1, 0.15) is 12.7 Å². The normalized spacial score (nSPS) is 11.9. The number of nitrogens with zero attached hydrogens (tertiary/aromatic N) is 4. The van der Waals surface area contributed by atoms with Gasteiger partial charge in [0.2, 0.25) is 0 Å². The van der Waals surface area contributed by atoms with E-state index in [0.717, 1.165) is 55.4 Å². The van der Waals surface area contributed by atoms with Gasteiger partial charge in [0.05, 0.1) is 16.6 Å². The van der Waals surface area contributed by atoms with Crippen LogP contribution >= 0.6 is 0 Å². The van der Waals surface area contributed by atoms with Crippen LogP contribution in [0, 0.1) is 0 Å². The summed E-state index contributed by atoms with van der Waals surface area (Å²) in [6, 6.07) is 57.5. The highest BCUT2D eigenvalue weighted by Crippen LogP contribution is 2.42. The average Bonchev–Trinajstić information content (AvgIpc) is 3.81. The van der Waals surface area contributed by atoms with Crippen LogP contribution in [0.2, 0.25) is 0 Å². The van der Waals surface area contributed by atoms with Gasteiger partial charge in [-0.25, -0.2) is 15.0 Å². The van der Waals surface area contributed by atoms with Crippen molar-refractivity contribution in [3.05, 3.63) is 194 Å². The van der Waals surface area contributed by atoms with Gasteiger partial charge in [-0.2, -0.15) is 0 Å². The Hall–Kier alpha value is -7.37. The van der Waals surface area contributed by atoms with Gasteiger partial charge in [0.25, 0.3) is 0 Å². The molecule has 3 heterocycles. The molecule has 56 heavy (non-hydrogen) atoms. The van der Waals surface area contributed by atoms with Crippen LogP contribution in [-0.2, 0) is 6.42 Å². The van der Waals surface area contributed by atoms with E-state index in [0.29, 0.717) is 23.9 Å². The second kappa shape index (κ2) is 14.1. The Morgan fingerprint density at radius 3 is 1.77 bits per heavy atom. The van der Waals surface area contributed by atoms with Crippen molar-refractivity contribution in [3.63, 3.8) is 0 Å². The summed E-state index contributed by atoms with van der Waals surface area (Å²) in [5.41, 5.74) is 11.3. The minimum atomic E-state index is 0.579. The molecule has 0 aliphatic heterocycles. The van der Waals surface area contributed by atoms with Crippen molar-refractivity contribution >= 4 is 43.7 Å². The highest BCUT2D eigenvalue weighted by molar-refractivity contribution is 6.15. The van der Waals surface area contributed by atoms with Gasteiger partial charge in [-0.05, 0) is 66.1 Å². The average molecular weight is 721 g/mol. The first-order chi connectivity index (χ1) is 27.7. The predicted molar refractivity (Wildman–Crippen MR) is 231 cm³/mol. The van der Waals surface area contributed by atoms with Crippen LogP contribution in [-0.4, -0.2) is 19.5 Å². The van der Waals surface area contributed by atoms with E-state index in [4.69, 9.17) is 19.4 Å². The lowest BCUT2D eigenvalue weighted by Crippen LogP contribution is -2.02. The molecule has 0 saturated carbocycles. The molecule has 10 aromatic rings. The van der Waals surface area contributed by atoms with Gasteiger partial charge in [0, 0.05) is 44.8 Å². The Bertz CT molecular complexity index is 3100. The van der Waals surface area contributed by atoms with Crippen LogP contribution in [0.4, 0.5) is 0 Å². The summed E-state index contributed by atoms with van der Waals surface area (Å²) in [6.07, 6.45) is 8.68. The molecule has 0 spiro atoms. The summed E-state index contributed by atoms with van der Waals surface area (Å²) < 4.78 is 9.31. The molecule has 266 valence electrons. The molecule has 0 radical (unpaired) electrons. The second-order valence-electron chi connectivity index (χ2n) is 13.9. The number of aromatic nitrogens is 4. The summed E-state index contributed by atoms with van der Waals surface area (Å²) in [7, 11) is 0. The zero-order valence-corrected chi connectivity index (χ0v) is 30.8. The molecule has 0 unspecified atom stereocenters. The molecule has 0 saturated heterocycles. The fraction of sp³-hybridized carbons (Fsp3) is 0.0392. The zero-order chi connectivity index (χ0) is 37.4. The molecule has 0 aliphatic carbocycles. The SMILES string of the molecule is C/C=C\C=C/Cc1nc(-c2ccccc2)nc(-c2cccc3c2oc2c(-c4ccc5c(c4)c4cc(-c6ccccc6)ccc4n5-c4ccccc4)cccc23)n1. The molecule has 7 aromatic carbocycles. The van der Waals surface area contributed by atoms with Crippen LogP contribution in [0.3, 0.4) is 0 Å². The molecule has 0 amide bonds. The molecular formula is C51H36N4O. The Kier molecular flexibility index (Phi) is 8.38. The van der Waals surface area contributed by atoms with Crippen LogP contribution < -0.4 is 0 Å². The third-order valence-corrected chi connectivity index (χ3v) is 10.4. The highest BCUT2D eigenvalue weighted by Gasteiger charge is 2.20. The maximum absolute atomic E-state index is 6.94. The van der Waals surface area contributed by atoms with E-state index in [9.17, 15) is 0 Å². The zero-order valence-electron chi connectivity index (χ0n) is 30.8. The van der Waals surface area contributed by atoms with E-state index in [1.54, 1.807) is 0 Å². The highest BCUT2D eigenvalue weighted by atomic mass is 16.3. The van der Waals surface area contributed by atoms with Gasteiger partial charge in [0.1, 0.15) is 17.0 Å². The largest absolute Gasteiger partial charge is 0.455 e. The number of para-hydroxylation sites is 3. The van der Waals surface area contributed by atoms with E-state index in [2.05, 4.69) is 138 Å². The van der Waals surface area contributed by atoms with E-state index < -0.39 is 0 Å². The van der Waals surface area contributed by atoms with E-state index in [1.807, 2.05) is 61.5 Å². The molecule has 5 heteroatoms.